The first-order chi connectivity index (χ1) is 17.9. The molecule has 0 amide bonds. The summed E-state index contributed by atoms with van der Waals surface area (Å²) in [5.41, 5.74) is 2.64. The van der Waals surface area contributed by atoms with Crippen molar-refractivity contribution in [1.82, 2.24) is 9.97 Å². The molecule has 37 heavy (non-hydrogen) atoms. The van der Waals surface area contributed by atoms with Crippen molar-refractivity contribution in [3.63, 3.8) is 0 Å². The quantitative estimate of drug-likeness (QED) is 0.259. The van der Waals surface area contributed by atoms with Gasteiger partial charge in [-0.2, -0.15) is 0 Å². The fourth-order valence-corrected chi connectivity index (χ4v) is 3.96. The number of aliphatic carboxylic acids is 1. The zero-order valence-corrected chi connectivity index (χ0v) is 21.2. The lowest BCUT2D eigenvalue weighted by molar-refractivity contribution is -0.139. The van der Waals surface area contributed by atoms with E-state index in [0.717, 1.165) is 28.7 Å². The molecule has 192 valence electrons. The maximum absolute atomic E-state index is 10.9. The summed E-state index contributed by atoms with van der Waals surface area (Å²) in [6.45, 7) is 6.55. The largest absolute Gasteiger partial charge is 0.491 e. The van der Waals surface area contributed by atoms with Crippen molar-refractivity contribution in [2.45, 2.75) is 33.3 Å². The molecule has 0 saturated heterocycles. The van der Waals surface area contributed by atoms with Crippen molar-refractivity contribution >= 4 is 22.6 Å². The van der Waals surface area contributed by atoms with Crippen molar-refractivity contribution < 1.29 is 24.1 Å². The maximum Gasteiger partial charge on any atom is 0.341 e. The van der Waals surface area contributed by atoms with E-state index in [1.807, 2.05) is 45.0 Å². The van der Waals surface area contributed by atoms with Crippen LogP contribution in [-0.2, 0) is 11.2 Å². The van der Waals surface area contributed by atoms with Crippen LogP contribution < -0.4 is 19.5 Å². The van der Waals surface area contributed by atoms with Crippen LogP contribution in [-0.4, -0.2) is 46.9 Å². The van der Waals surface area contributed by atoms with Crippen LogP contribution in [0.4, 0.5) is 5.82 Å². The lowest BCUT2D eigenvalue weighted by Crippen LogP contribution is -2.11. The van der Waals surface area contributed by atoms with Crippen LogP contribution in [0.2, 0.25) is 0 Å². The molecule has 1 aromatic heterocycles. The fourth-order valence-electron chi connectivity index (χ4n) is 3.96. The van der Waals surface area contributed by atoms with Crippen molar-refractivity contribution in [2.75, 3.05) is 25.1 Å². The van der Waals surface area contributed by atoms with E-state index < -0.39 is 12.6 Å². The third-order valence-corrected chi connectivity index (χ3v) is 5.55. The number of fused-ring (bicyclic) bond motifs is 1. The molecule has 2 N–H and O–H groups in total. The zero-order valence-electron chi connectivity index (χ0n) is 21.2. The first-order valence-corrected chi connectivity index (χ1v) is 12.3. The van der Waals surface area contributed by atoms with Gasteiger partial charge in [-0.1, -0.05) is 24.3 Å². The topological polar surface area (TPSA) is 103 Å². The molecule has 0 saturated carbocycles. The van der Waals surface area contributed by atoms with Gasteiger partial charge in [-0.3, -0.25) is 0 Å². The smallest absolute Gasteiger partial charge is 0.341 e. The highest BCUT2D eigenvalue weighted by Crippen LogP contribution is 2.33. The Morgan fingerprint density at radius 2 is 1.73 bits per heavy atom. The van der Waals surface area contributed by atoms with Gasteiger partial charge in [-0.25, -0.2) is 14.8 Å². The number of carboxylic acids is 1. The summed E-state index contributed by atoms with van der Waals surface area (Å²) >= 11 is 0. The van der Waals surface area contributed by atoms with Gasteiger partial charge in [-0.15, -0.1) is 0 Å². The highest BCUT2D eigenvalue weighted by Gasteiger charge is 2.12. The number of hydrogen-bond acceptors (Lipinski definition) is 7. The first kappa shape index (κ1) is 25.8. The minimum Gasteiger partial charge on any atom is -0.491 e. The SMILES string of the molecule is CCOc1cc(-c2cc(NCCc3cc4ccccc4cc3OC(C)C)ncn2)ccc1OCC(=O)O. The minimum atomic E-state index is -1.05. The van der Waals surface area contributed by atoms with Gasteiger partial charge in [0.25, 0.3) is 0 Å². The van der Waals surface area contributed by atoms with Gasteiger partial charge in [0, 0.05) is 18.2 Å². The van der Waals surface area contributed by atoms with Gasteiger partial charge in [0.15, 0.2) is 18.1 Å². The molecule has 0 aliphatic rings. The molecule has 4 aromatic rings. The highest BCUT2D eigenvalue weighted by atomic mass is 16.5. The summed E-state index contributed by atoms with van der Waals surface area (Å²) in [6.07, 6.45) is 2.35. The van der Waals surface area contributed by atoms with E-state index >= 15 is 0 Å². The molecule has 0 spiro atoms. The maximum atomic E-state index is 10.9. The number of nitrogens with zero attached hydrogens (tertiary/aromatic N) is 2. The molecule has 1 heterocycles. The van der Waals surface area contributed by atoms with E-state index in [-0.39, 0.29) is 6.10 Å². The van der Waals surface area contributed by atoms with Crippen LogP contribution in [0.3, 0.4) is 0 Å². The lowest BCUT2D eigenvalue weighted by atomic mass is 10.0. The van der Waals surface area contributed by atoms with Crippen molar-refractivity contribution in [3.05, 3.63) is 72.6 Å². The number of carboxylic acid groups (broad SMARTS) is 1. The Morgan fingerprint density at radius 3 is 2.46 bits per heavy atom. The molecule has 0 bridgehead atoms. The van der Waals surface area contributed by atoms with Gasteiger partial charge in [0.2, 0.25) is 0 Å². The predicted molar refractivity (Wildman–Crippen MR) is 144 cm³/mol. The van der Waals surface area contributed by atoms with E-state index in [1.165, 1.54) is 11.7 Å². The van der Waals surface area contributed by atoms with E-state index in [1.54, 1.807) is 12.1 Å². The zero-order chi connectivity index (χ0) is 26.2. The molecule has 4 rings (SSSR count). The van der Waals surface area contributed by atoms with Crippen LogP contribution >= 0.6 is 0 Å². The van der Waals surface area contributed by atoms with Gasteiger partial charge >= 0.3 is 5.97 Å². The molecular weight excluding hydrogens is 470 g/mol. The summed E-state index contributed by atoms with van der Waals surface area (Å²) < 4.78 is 17.1. The predicted octanol–water partition coefficient (Wildman–Crippen LogP) is 5.60. The molecule has 3 aromatic carbocycles. The number of anilines is 1. The van der Waals surface area contributed by atoms with E-state index in [9.17, 15) is 4.79 Å². The van der Waals surface area contributed by atoms with Crippen LogP contribution in [0.25, 0.3) is 22.0 Å². The van der Waals surface area contributed by atoms with E-state index in [4.69, 9.17) is 19.3 Å². The Labute approximate surface area is 216 Å². The average molecular weight is 502 g/mol. The standard InChI is InChI=1S/C29H31N3O5/c1-4-35-27-15-22(9-10-25(27)36-17-29(33)34)24-16-28(32-18-31-24)30-12-11-23-13-20-7-5-6-8-21(20)14-26(23)37-19(2)3/h5-10,13-16,18-19H,4,11-12,17H2,1-3H3,(H,33,34)(H,30,31,32). The van der Waals surface area contributed by atoms with E-state index in [2.05, 4.69) is 39.6 Å². The summed E-state index contributed by atoms with van der Waals surface area (Å²) in [5.74, 6) is 1.37. The Hall–Kier alpha value is -4.33. The molecule has 0 radical (unpaired) electrons. The summed E-state index contributed by atoms with van der Waals surface area (Å²) in [6, 6.07) is 19.7. The number of carbonyl (C=O) groups is 1. The molecular formula is C29H31N3O5. The Morgan fingerprint density at radius 1 is 0.946 bits per heavy atom. The van der Waals surface area contributed by atoms with Gasteiger partial charge in [0.05, 0.1) is 18.4 Å². The number of ether oxygens (including phenoxy) is 3. The Kier molecular flexibility index (Phi) is 8.40. The molecule has 8 nitrogen and oxygen atoms in total. The second kappa shape index (κ2) is 12.1. The lowest BCUT2D eigenvalue weighted by Gasteiger charge is -2.16. The molecule has 0 aliphatic heterocycles. The van der Waals surface area contributed by atoms with Crippen molar-refractivity contribution in [3.8, 4) is 28.5 Å². The Balaban J connectivity index is 1.48. The second-order valence-corrected chi connectivity index (χ2v) is 8.72. The monoisotopic (exact) mass is 501 g/mol. The molecule has 8 heteroatoms. The number of aromatic nitrogens is 2. The van der Waals surface area contributed by atoms with Gasteiger partial charge in [0.1, 0.15) is 17.9 Å². The number of nitrogens with one attached hydrogen (secondary N) is 1. The minimum absolute atomic E-state index is 0.0831. The summed E-state index contributed by atoms with van der Waals surface area (Å²) in [5, 5.41) is 14.6. The number of rotatable bonds is 12. The Bertz CT molecular complexity index is 1370. The van der Waals surface area contributed by atoms with Crippen molar-refractivity contribution in [2.24, 2.45) is 0 Å². The normalized spacial score (nSPS) is 10.9. The van der Waals surface area contributed by atoms with Crippen LogP contribution in [0.15, 0.2) is 67.0 Å². The molecule has 0 fully saturated rings. The van der Waals surface area contributed by atoms with E-state index in [0.29, 0.717) is 36.2 Å². The van der Waals surface area contributed by atoms with Crippen LogP contribution in [0.5, 0.6) is 17.2 Å². The van der Waals surface area contributed by atoms with Gasteiger partial charge < -0.3 is 24.6 Å². The average Bonchev–Trinajstić information content (AvgIpc) is 2.88. The van der Waals surface area contributed by atoms with Gasteiger partial charge in [-0.05, 0) is 73.9 Å². The summed E-state index contributed by atoms with van der Waals surface area (Å²) in [7, 11) is 0. The third-order valence-electron chi connectivity index (χ3n) is 5.55. The second-order valence-electron chi connectivity index (χ2n) is 8.72. The van der Waals surface area contributed by atoms with Crippen LogP contribution in [0.1, 0.15) is 26.3 Å². The fraction of sp³-hybridized carbons (Fsp3) is 0.276. The first-order valence-electron chi connectivity index (χ1n) is 12.3. The number of benzene rings is 3. The molecule has 0 atom stereocenters. The highest BCUT2D eigenvalue weighted by molar-refractivity contribution is 5.85. The third kappa shape index (κ3) is 6.88. The van der Waals surface area contributed by atoms with Crippen molar-refractivity contribution in [1.29, 1.82) is 0 Å². The molecule has 0 unspecified atom stereocenters. The van der Waals surface area contributed by atoms with Crippen LogP contribution in [0, 0.1) is 0 Å². The number of hydrogen-bond donors (Lipinski definition) is 2. The summed E-state index contributed by atoms with van der Waals surface area (Å²) in [4.78, 5) is 19.6. The molecule has 0 aliphatic carbocycles.